The first kappa shape index (κ1) is 18.6. The van der Waals surface area contributed by atoms with Crippen LogP contribution in [0.25, 0.3) is 10.2 Å². The molecule has 1 aromatic carbocycles. The first-order valence-corrected chi connectivity index (χ1v) is 10.5. The van der Waals surface area contributed by atoms with Crippen molar-refractivity contribution in [3.05, 3.63) is 82.1 Å². The lowest BCUT2D eigenvalue weighted by molar-refractivity contribution is 0.0939. The Kier molecular flexibility index (Phi) is 4.59. The van der Waals surface area contributed by atoms with Gasteiger partial charge in [-0.05, 0) is 43.7 Å². The van der Waals surface area contributed by atoms with Crippen molar-refractivity contribution >= 4 is 33.1 Å². The van der Waals surface area contributed by atoms with E-state index in [1.807, 2.05) is 55.5 Å². The molecular weight excluding hydrogens is 396 g/mol. The van der Waals surface area contributed by atoms with Gasteiger partial charge in [-0.1, -0.05) is 24.3 Å². The van der Waals surface area contributed by atoms with Crippen molar-refractivity contribution in [2.24, 2.45) is 0 Å². The predicted octanol–water partition coefficient (Wildman–Crippen LogP) is 4.74. The molecule has 0 unspecified atom stereocenters. The van der Waals surface area contributed by atoms with Gasteiger partial charge >= 0.3 is 0 Å². The molecule has 1 aliphatic rings. The van der Waals surface area contributed by atoms with Crippen LogP contribution in [0, 0.1) is 13.8 Å². The van der Waals surface area contributed by atoms with Gasteiger partial charge in [0.15, 0.2) is 0 Å². The van der Waals surface area contributed by atoms with Gasteiger partial charge in [-0.3, -0.25) is 9.78 Å². The minimum Gasteiger partial charge on any atom is -0.487 e. The molecule has 4 heterocycles. The number of fused-ring (bicyclic) bond motifs is 3. The van der Waals surface area contributed by atoms with Crippen LogP contribution in [0.1, 0.15) is 38.4 Å². The van der Waals surface area contributed by atoms with Crippen LogP contribution >= 0.6 is 11.3 Å². The largest absolute Gasteiger partial charge is 0.487 e. The molecule has 30 heavy (non-hydrogen) atoms. The summed E-state index contributed by atoms with van der Waals surface area (Å²) < 4.78 is 6.04. The number of para-hydroxylation sites is 1. The molecular formula is C23H20N4O2S. The van der Waals surface area contributed by atoms with Crippen molar-refractivity contribution in [1.29, 1.82) is 0 Å². The number of aryl methyl sites for hydroxylation is 2. The molecule has 5 rings (SSSR count). The van der Waals surface area contributed by atoms with E-state index in [2.05, 4.69) is 27.5 Å². The van der Waals surface area contributed by atoms with Crippen molar-refractivity contribution < 1.29 is 9.53 Å². The number of aromatic nitrogens is 2. The molecule has 4 aromatic rings. The fourth-order valence-corrected chi connectivity index (χ4v) is 4.92. The highest BCUT2D eigenvalue weighted by Crippen LogP contribution is 2.41. The van der Waals surface area contributed by atoms with E-state index in [-0.39, 0.29) is 5.91 Å². The monoisotopic (exact) mass is 416 g/mol. The summed E-state index contributed by atoms with van der Waals surface area (Å²) in [6, 6.07) is 15.5. The van der Waals surface area contributed by atoms with Crippen LogP contribution in [-0.4, -0.2) is 15.9 Å². The molecule has 150 valence electrons. The van der Waals surface area contributed by atoms with Crippen LogP contribution in [0.2, 0.25) is 0 Å². The third-order valence-corrected chi connectivity index (χ3v) is 6.17. The summed E-state index contributed by atoms with van der Waals surface area (Å²) in [7, 11) is 0. The molecule has 2 N–H and O–H groups in total. The van der Waals surface area contributed by atoms with E-state index in [0.717, 1.165) is 38.4 Å². The van der Waals surface area contributed by atoms with Gasteiger partial charge in [-0.15, -0.1) is 11.3 Å². The Hall–Kier alpha value is -3.45. The number of ether oxygens (including phenoxy) is 1. The van der Waals surface area contributed by atoms with Crippen LogP contribution in [0.5, 0.6) is 5.75 Å². The summed E-state index contributed by atoms with van der Waals surface area (Å²) in [5, 5.41) is 7.57. The summed E-state index contributed by atoms with van der Waals surface area (Å²) >= 11 is 1.42. The lowest BCUT2D eigenvalue weighted by Gasteiger charge is -2.28. The van der Waals surface area contributed by atoms with E-state index < -0.39 is 6.17 Å². The highest BCUT2D eigenvalue weighted by Gasteiger charge is 2.31. The molecule has 6 nitrogen and oxygen atoms in total. The summed E-state index contributed by atoms with van der Waals surface area (Å²) in [4.78, 5) is 23.4. The van der Waals surface area contributed by atoms with Crippen molar-refractivity contribution in [3.8, 4) is 5.75 Å². The molecule has 0 radical (unpaired) electrons. The number of hydrogen-bond donors (Lipinski definition) is 2. The first-order valence-electron chi connectivity index (χ1n) is 9.70. The Labute approximate surface area is 178 Å². The van der Waals surface area contributed by atoms with Crippen molar-refractivity contribution in [1.82, 2.24) is 15.3 Å². The maximum absolute atomic E-state index is 12.9. The van der Waals surface area contributed by atoms with Crippen LogP contribution in [0.4, 0.5) is 5.69 Å². The highest BCUT2D eigenvalue weighted by molar-refractivity contribution is 7.21. The van der Waals surface area contributed by atoms with E-state index in [1.165, 1.54) is 11.3 Å². The quantitative estimate of drug-likeness (QED) is 0.502. The Balaban J connectivity index is 1.49. The van der Waals surface area contributed by atoms with Crippen LogP contribution in [0.3, 0.4) is 0 Å². The smallest absolute Gasteiger partial charge is 0.265 e. The molecule has 3 aromatic heterocycles. The van der Waals surface area contributed by atoms with Crippen LogP contribution in [-0.2, 0) is 6.61 Å². The molecule has 0 bridgehead atoms. The second kappa shape index (κ2) is 7.42. The van der Waals surface area contributed by atoms with Crippen LogP contribution in [0.15, 0.2) is 54.7 Å². The molecule has 0 fully saturated rings. The maximum Gasteiger partial charge on any atom is 0.265 e. The topological polar surface area (TPSA) is 76.1 Å². The van der Waals surface area contributed by atoms with Gasteiger partial charge in [0, 0.05) is 22.8 Å². The third-order valence-electron chi connectivity index (χ3n) is 5.09. The number of anilines is 1. The molecule has 0 spiro atoms. The SMILES string of the molecule is Cc1cc(C)c2c3c(sc2n1)C(=O)N[C@H](c1ccccc1OCc1ccccn1)N3. The van der Waals surface area contributed by atoms with E-state index in [4.69, 9.17) is 4.74 Å². The summed E-state index contributed by atoms with van der Waals surface area (Å²) in [6.07, 6.45) is 1.35. The Morgan fingerprint density at radius 1 is 1.10 bits per heavy atom. The molecule has 1 atom stereocenters. The predicted molar refractivity (Wildman–Crippen MR) is 118 cm³/mol. The number of pyridine rings is 2. The maximum atomic E-state index is 12.9. The average Bonchev–Trinajstić information content (AvgIpc) is 3.12. The van der Waals surface area contributed by atoms with E-state index >= 15 is 0 Å². The van der Waals surface area contributed by atoms with E-state index in [1.54, 1.807) is 6.20 Å². The molecule has 7 heteroatoms. The standard InChI is InChI=1S/C23H20N4O2S/c1-13-11-14(2)25-23-18(13)19-20(30-23)22(28)27-21(26-19)16-8-3-4-9-17(16)29-12-15-7-5-6-10-24-15/h3-11,21,26H,12H2,1-2H3,(H,27,28)/t21-/m1/s1. The molecule has 0 saturated heterocycles. The lowest BCUT2D eigenvalue weighted by Crippen LogP contribution is -2.37. The Morgan fingerprint density at radius 3 is 2.77 bits per heavy atom. The molecule has 1 aliphatic heterocycles. The molecule has 0 saturated carbocycles. The number of amides is 1. The van der Waals surface area contributed by atoms with Crippen molar-refractivity contribution in [2.75, 3.05) is 5.32 Å². The van der Waals surface area contributed by atoms with Gasteiger partial charge in [-0.2, -0.15) is 0 Å². The zero-order valence-electron chi connectivity index (χ0n) is 16.6. The summed E-state index contributed by atoms with van der Waals surface area (Å²) in [5.41, 5.74) is 4.60. The van der Waals surface area contributed by atoms with Gasteiger partial charge in [0.2, 0.25) is 0 Å². The van der Waals surface area contributed by atoms with Gasteiger partial charge < -0.3 is 15.4 Å². The number of hydrogen-bond acceptors (Lipinski definition) is 6. The first-order chi connectivity index (χ1) is 14.6. The van der Waals surface area contributed by atoms with Gasteiger partial charge in [-0.25, -0.2) is 4.98 Å². The highest BCUT2D eigenvalue weighted by atomic mass is 32.1. The number of rotatable bonds is 4. The van der Waals surface area contributed by atoms with Crippen molar-refractivity contribution in [3.63, 3.8) is 0 Å². The number of carbonyl (C=O) groups excluding carboxylic acids is 1. The number of nitrogens with zero attached hydrogens (tertiary/aromatic N) is 2. The van der Waals surface area contributed by atoms with Gasteiger partial charge in [0.1, 0.15) is 28.2 Å². The number of benzene rings is 1. The van der Waals surface area contributed by atoms with Crippen molar-refractivity contribution in [2.45, 2.75) is 26.6 Å². The normalized spacial score (nSPS) is 15.4. The minimum atomic E-state index is -0.400. The second-order valence-corrected chi connectivity index (χ2v) is 8.26. The van der Waals surface area contributed by atoms with E-state index in [9.17, 15) is 4.79 Å². The second-order valence-electron chi connectivity index (χ2n) is 7.27. The fourth-order valence-electron chi connectivity index (χ4n) is 3.76. The molecule has 1 amide bonds. The van der Waals surface area contributed by atoms with E-state index in [0.29, 0.717) is 17.2 Å². The van der Waals surface area contributed by atoms with Crippen LogP contribution < -0.4 is 15.4 Å². The average molecular weight is 417 g/mol. The number of carbonyl (C=O) groups is 1. The molecule has 0 aliphatic carbocycles. The third kappa shape index (κ3) is 3.27. The zero-order chi connectivity index (χ0) is 20.7. The summed E-state index contributed by atoms with van der Waals surface area (Å²) in [5.74, 6) is 0.600. The summed E-state index contributed by atoms with van der Waals surface area (Å²) in [6.45, 7) is 4.38. The minimum absolute atomic E-state index is 0.103. The number of thiophene rings is 1. The number of nitrogens with one attached hydrogen (secondary N) is 2. The van der Waals surface area contributed by atoms with Gasteiger partial charge in [0.05, 0.1) is 11.4 Å². The Morgan fingerprint density at radius 2 is 1.93 bits per heavy atom. The van der Waals surface area contributed by atoms with Gasteiger partial charge in [0.25, 0.3) is 5.91 Å². The Bertz CT molecular complexity index is 1250. The lowest BCUT2D eigenvalue weighted by atomic mass is 10.1. The zero-order valence-corrected chi connectivity index (χ0v) is 17.4. The fraction of sp³-hybridized carbons (Fsp3) is 0.174.